The van der Waals surface area contributed by atoms with Crippen molar-refractivity contribution >= 4 is 16.1 Å². The summed E-state index contributed by atoms with van der Waals surface area (Å²) >= 11 is 0. The summed E-state index contributed by atoms with van der Waals surface area (Å²) in [5.41, 5.74) is 2.35. The Morgan fingerprint density at radius 1 is 1.07 bits per heavy atom. The smallest absolute Gasteiger partial charge is 0.281 e. The van der Waals surface area contributed by atoms with Gasteiger partial charge in [0.2, 0.25) is 0 Å². The molecule has 4 rings (SSSR count). The summed E-state index contributed by atoms with van der Waals surface area (Å²) in [5.74, 6) is 0.337. The molecule has 0 spiro atoms. The van der Waals surface area contributed by atoms with Crippen LogP contribution in [0.15, 0.2) is 36.4 Å². The van der Waals surface area contributed by atoms with Crippen LogP contribution in [0, 0.1) is 0 Å². The molecule has 9 heteroatoms. The third-order valence-electron chi connectivity index (χ3n) is 5.26. The molecule has 1 amide bonds. The molecule has 0 atom stereocenters. The zero-order chi connectivity index (χ0) is 19.9. The predicted molar refractivity (Wildman–Crippen MR) is 106 cm³/mol. The first-order valence-electron chi connectivity index (χ1n) is 9.50. The molecule has 0 unspecified atom stereocenters. The van der Waals surface area contributed by atoms with Crippen molar-refractivity contribution in [1.82, 2.24) is 23.3 Å². The van der Waals surface area contributed by atoms with E-state index in [-0.39, 0.29) is 5.91 Å². The van der Waals surface area contributed by atoms with E-state index in [1.807, 2.05) is 36.4 Å². The lowest BCUT2D eigenvalue weighted by Crippen LogP contribution is -2.53. The Morgan fingerprint density at radius 3 is 2.29 bits per heavy atom. The molecule has 1 aromatic carbocycles. The summed E-state index contributed by atoms with van der Waals surface area (Å²) in [7, 11) is -0.416. The Bertz CT molecular complexity index is 959. The lowest BCUT2D eigenvalue weighted by atomic mass is 10.2. The van der Waals surface area contributed by atoms with Crippen molar-refractivity contribution < 1.29 is 13.2 Å². The lowest BCUT2D eigenvalue weighted by Gasteiger charge is -2.35. The number of aromatic nitrogens is 2. The number of rotatable bonds is 5. The van der Waals surface area contributed by atoms with Gasteiger partial charge in [0.25, 0.3) is 16.1 Å². The van der Waals surface area contributed by atoms with Crippen molar-refractivity contribution in [3.63, 3.8) is 0 Å². The molecule has 1 aromatic heterocycles. The van der Waals surface area contributed by atoms with Crippen LogP contribution in [0.4, 0.5) is 0 Å². The second-order valence-corrected chi connectivity index (χ2v) is 9.60. The lowest BCUT2D eigenvalue weighted by molar-refractivity contribution is 0.0686. The van der Waals surface area contributed by atoms with Gasteiger partial charge in [0.1, 0.15) is 5.69 Å². The van der Waals surface area contributed by atoms with Crippen molar-refractivity contribution in [1.29, 1.82) is 0 Å². The molecule has 2 heterocycles. The van der Waals surface area contributed by atoms with Crippen LogP contribution in [-0.2, 0) is 10.2 Å². The number of piperazine rings is 1. The van der Waals surface area contributed by atoms with Crippen LogP contribution in [0.1, 0.15) is 34.9 Å². The fourth-order valence-electron chi connectivity index (χ4n) is 3.41. The van der Waals surface area contributed by atoms with Crippen molar-refractivity contribution in [2.75, 3.05) is 40.3 Å². The molecular weight excluding hydrogens is 378 g/mol. The zero-order valence-corrected chi connectivity index (χ0v) is 17.0. The van der Waals surface area contributed by atoms with Crippen molar-refractivity contribution in [3.8, 4) is 5.69 Å². The molecule has 1 saturated heterocycles. The first-order chi connectivity index (χ1) is 13.4. The van der Waals surface area contributed by atoms with Crippen molar-refractivity contribution in [2.45, 2.75) is 18.8 Å². The number of nitrogens with zero attached hydrogens (tertiary/aromatic N) is 5. The van der Waals surface area contributed by atoms with Gasteiger partial charge in [0.05, 0.1) is 11.4 Å². The Hall–Kier alpha value is -2.23. The molecule has 2 aromatic rings. The number of carbonyl (C=O) groups is 1. The van der Waals surface area contributed by atoms with Crippen LogP contribution in [0.3, 0.4) is 0 Å². The molecular formula is C19H25N5O3S. The number of hydrogen-bond donors (Lipinski definition) is 0. The highest BCUT2D eigenvalue weighted by molar-refractivity contribution is 7.86. The topological polar surface area (TPSA) is 78.8 Å². The molecule has 2 aliphatic rings. The number of carbonyl (C=O) groups excluding carboxylic acids is 1. The summed E-state index contributed by atoms with van der Waals surface area (Å²) in [4.78, 5) is 14.9. The van der Waals surface area contributed by atoms with Gasteiger partial charge in [0, 0.05) is 46.2 Å². The maximum Gasteiger partial charge on any atom is 0.281 e. The normalized spacial score (nSPS) is 18.6. The quantitative estimate of drug-likeness (QED) is 0.754. The minimum atomic E-state index is -3.45. The average Bonchev–Trinajstić information content (AvgIpc) is 3.46. The van der Waals surface area contributed by atoms with Crippen LogP contribution in [-0.4, -0.2) is 77.9 Å². The van der Waals surface area contributed by atoms with E-state index < -0.39 is 10.2 Å². The van der Waals surface area contributed by atoms with E-state index in [9.17, 15) is 13.2 Å². The fraction of sp³-hybridized carbons (Fsp3) is 0.474. The van der Waals surface area contributed by atoms with Gasteiger partial charge < -0.3 is 4.90 Å². The molecule has 1 aliphatic heterocycles. The second kappa shape index (κ2) is 7.31. The minimum Gasteiger partial charge on any atom is -0.335 e. The number of para-hydroxylation sites is 1. The fourth-order valence-corrected chi connectivity index (χ4v) is 4.50. The average molecular weight is 404 g/mol. The Morgan fingerprint density at radius 2 is 1.71 bits per heavy atom. The largest absolute Gasteiger partial charge is 0.335 e. The monoisotopic (exact) mass is 403 g/mol. The van der Waals surface area contributed by atoms with E-state index in [0.717, 1.165) is 24.2 Å². The molecule has 0 bridgehead atoms. The third-order valence-corrected chi connectivity index (χ3v) is 7.20. The van der Waals surface area contributed by atoms with Crippen molar-refractivity contribution in [2.24, 2.45) is 0 Å². The summed E-state index contributed by atoms with van der Waals surface area (Å²) in [6.45, 7) is 1.32. The molecule has 1 aliphatic carbocycles. The van der Waals surface area contributed by atoms with Gasteiger partial charge in [-0.25, -0.2) is 4.68 Å². The molecule has 150 valence electrons. The Labute approximate surface area is 165 Å². The van der Waals surface area contributed by atoms with Gasteiger partial charge in [-0.05, 0) is 31.0 Å². The Kier molecular flexibility index (Phi) is 4.98. The van der Waals surface area contributed by atoms with Crippen LogP contribution in [0.5, 0.6) is 0 Å². The number of amides is 1. The first-order valence-corrected chi connectivity index (χ1v) is 10.9. The molecule has 1 saturated carbocycles. The standard InChI is InChI=1S/C19H25N5O3S/c1-21(2)28(26,27)23-12-10-22(11-13-23)19(25)18-14-17(15-8-9-15)20-24(18)16-6-4-3-5-7-16/h3-7,14-15H,8-13H2,1-2H3. The first kappa shape index (κ1) is 19.1. The van der Waals surface area contributed by atoms with Crippen LogP contribution >= 0.6 is 0 Å². The highest BCUT2D eigenvalue weighted by atomic mass is 32.2. The summed E-state index contributed by atoms with van der Waals surface area (Å²) < 4.78 is 28.9. The SMILES string of the molecule is CN(C)S(=O)(=O)N1CCN(C(=O)c2cc(C3CC3)nn2-c2ccccc2)CC1. The highest BCUT2D eigenvalue weighted by Gasteiger charge is 2.33. The van der Waals surface area contributed by atoms with Gasteiger partial charge in [0.15, 0.2) is 0 Å². The van der Waals surface area contributed by atoms with Gasteiger partial charge in [-0.3, -0.25) is 4.79 Å². The van der Waals surface area contributed by atoms with Gasteiger partial charge in [-0.2, -0.15) is 22.1 Å². The van der Waals surface area contributed by atoms with E-state index in [4.69, 9.17) is 5.10 Å². The maximum atomic E-state index is 13.2. The van der Waals surface area contributed by atoms with E-state index in [2.05, 4.69) is 0 Å². The van der Waals surface area contributed by atoms with E-state index in [0.29, 0.717) is 37.8 Å². The van der Waals surface area contributed by atoms with Gasteiger partial charge >= 0.3 is 0 Å². The van der Waals surface area contributed by atoms with E-state index >= 15 is 0 Å². The Balaban J connectivity index is 1.56. The molecule has 2 fully saturated rings. The van der Waals surface area contributed by atoms with Crippen molar-refractivity contribution in [3.05, 3.63) is 47.8 Å². The summed E-state index contributed by atoms with van der Waals surface area (Å²) in [6, 6.07) is 11.5. The number of benzene rings is 1. The molecule has 0 N–H and O–H groups in total. The summed E-state index contributed by atoms with van der Waals surface area (Å²) in [6.07, 6.45) is 2.22. The molecule has 0 radical (unpaired) electrons. The van der Waals surface area contributed by atoms with Gasteiger partial charge in [-0.1, -0.05) is 18.2 Å². The molecule has 28 heavy (non-hydrogen) atoms. The second-order valence-electron chi connectivity index (χ2n) is 7.46. The highest BCUT2D eigenvalue weighted by Crippen LogP contribution is 2.39. The maximum absolute atomic E-state index is 13.2. The van der Waals surface area contributed by atoms with Gasteiger partial charge in [-0.15, -0.1) is 0 Å². The van der Waals surface area contributed by atoms with E-state index in [1.54, 1.807) is 9.58 Å². The van der Waals surface area contributed by atoms with Crippen LogP contribution in [0.2, 0.25) is 0 Å². The minimum absolute atomic E-state index is 0.106. The summed E-state index contributed by atoms with van der Waals surface area (Å²) in [5, 5.41) is 4.69. The zero-order valence-electron chi connectivity index (χ0n) is 16.2. The predicted octanol–water partition coefficient (Wildman–Crippen LogP) is 1.31. The van der Waals surface area contributed by atoms with Crippen LogP contribution < -0.4 is 0 Å². The number of hydrogen-bond acceptors (Lipinski definition) is 4. The van der Waals surface area contributed by atoms with Crippen LogP contribution in [0.25, 0.3) is 5.69 Å². The third kappa shape index (κ3) is 3.57. The molecule has 8 nitrogen and oxygen atoms in total. The van der Waals surface area contributed by atoms with E-state index in [1.165, 1.54) is 22.7 Å².